The number of hydrogen-bond donors (Lipinski definition) is 1. The second-order valence-corrected chi connectivity index (χ2v) is 9.88. The summed E-state index contributed by atoms with van der Waals surface area (Å²) in [7, 11) is 0. The average Bonchev–Trinajstić information content (AvgIpc) is 3.23. The predicted molar refractivity (Wildman–Crippen MR) is 142 cm³/mol. The van der Waals surface area contributed by atoms with Crippen LogP contribution in [-0.2, 0) is 11.3 Å². The average molecular weight is 515 g/mol. The summed E-state index contributed by atoms with van der Waals surface area (Å²) in [5, 5.41) is 3.95. The van der Waals surface area contributed by atoms with E-state index in [1.54, 1.807) is 24.4 Å². The fraction of sp³-hybridized carbons (Fsp3) is 0.138. The first-order valence-electron chi connectivity index (χ1n) is 11.5. The van der Waals surface area contributed by atoms with E-state index < -0.39 is 6.09 Å². The molecule has 0 atom stereocenters. The number of aryl methyl sites for hydroxylation is 1. The highest BCUT2D eigenvalue weighted by Gasteiger charge is 2.29. The summed E-state index contributed by atoms with van der Waals surface area (Å²) >= 11 is 7.83. The van der Waals surface area contributed by atoms with Gasteiger partial charge in [0, 0.05) is 29.1 Å². The molecule has 180 valence electrons. The number of aromatic nitrogens is 1. The number of fused-ring (bicyclic) bond motifs is 3. The monoisotopic (exact) mass is 514 g/mol. The van der Waals surface area contributed by atoms with Gasteiger partial charge in [-0.3, -0.25) is 4.79 Å². The fourth-order valence-electron chi connectivity index (χ4n) is 4.51. The van der Waals surface area contributed by atoms with Crippen LogP contribution in [0.4, 0.5) is 4.79 Å². The zero-order valence-electron chi connectivity index (χ0n) is 19.5. The van der Waals surface area contributed by atoms with Crippen molar-refractivity contribution in [3.63, 3.8) is 0 Å². The number of pyridine rings is 1. The lowest BCUT2D eigenvalue weighted by Crippen LogP contribution is -2.26. The number of carbonyl (C=O) groups is 2. The van der Waals surface area contributed by atoms with Crippen molar-refractivity contribution in [3.8, 4) is 11.1 Å². The number of nitrogens with zero attached hydrogens (tertiary/aromatic N) is 1. The van der Waals surface area contributed by atoms with Gasteiger partial charge in [-0.25, -0.2) is 9.78 Å². The Kier molecular flexibility index (Phi) is 7.07. The number of aldehydes is 1. The first-order chi connectivity index (χ1) is 17.6. The first kappa shape index (κ1) is 24.1. The number of alkyl carbamates (subject to hydrolysis) is 1. The van der Waals surface area contributed by atoms with Gasteiger partial charge < -0.3 is 10.1 Å². The van der Waals surface area contributed by atoms with Crippen molar-refractivity contribution in [2.45, 2.75) is 29.3 Å². The highest BCUT2D eigenvalue weighted by molar-refractivity contribution is 7.99. The summed E-state index contributed by atoms with van der Waals surface area (Å²) in [5.41, 5.74) is 6.99. The van der Waals surface area contributed by atoms with Gasteiger partial charge in [-0.05, 0) is 58.5 Å². The van der Waals surface area contributed by atoms with E-state index in [0.29, 0.717) is 15.6 Å². The maximum atomic E-state index is 12.7. The summed E-state index contributed by atoms with van der Waals surface area (Å²) in [6, 6.07) is 23.6. The molecule has 0 radical (unpaired) electrons. The van der Waals surface area contributed by atoms with Gasteiger partial charge in [-0.2, -0.15) is 0 Å². The van der Waals surface area contributed by atoms with Crippen LogP contribution in [0.15, 0.2) is 88.9 Å². The molecule has 0 fully saturated rings. The largest absolute Gasteiger partial charge is 0.449 e. The first-order valence-corrected chi connectivity index (χ1v) is 12.7. The standard InChI is InChI=1S/C29H23ClN2O3S/c1-18-12-13-26(30)27(36-28-19(16-33)7-6-14-31-28)24(18)15-32-29(34)35-17-25-22-10-4-2-8-20(22)21-9-3-5-11-23(21)25/h2-14,16,25H,15,17H2,1H3,(H,32,34). The molecule has 0 aliphatic heterocycles. The quantitative estimate of drug-likeness (QED) is 0.268. The van der Waals surface area contributed by atoms with Crippen LogP contribution in [0.5, 0.6) is 0 Å². The van der Waals surface area contributed by atoms with E-state index in [1.165, 1.54) is 22.9 Å². The van der Waals surface area contributed by atoms with E-state index in [-0.39, 0.29) is 19.1 Å². The maximum absolute atomic E-state index is 12.7. The van der Waals surface area contributed by atoms with E-state index in [2.05, 4.69) is 34.6 Å². The van der Waals surface area contributed by atoms with Crippen molar-refractivity contribution in [3.05, 3.63) is 112 Å². The van der Waals surface area contributed by atoms with Crippen LogP contribution in [0.1, 0.15) is 38.5 Å². The normalized spacial score (nSPS) is 12.1. The molecule has 0 spiro atoms. The van der Waals surface area contributed by atoms with E-state index in [1.807, 2.05) is 37.3 Å². The van der Waals surface area contributed by atoms with Crippen molar-refractivity contribution in [2.75, 3.05) is 6.61 Å². The van der Waals surface area contributed by atoms with E-state index in [0.717, 1.165) is 33.4 Å². The summed E-state index contributed by atoms with van der Waals surface area (Å²) in [5.74, 6) is -0.00640. The molecule has 7 heteroatoms. The number of carbonyl (C=O) groups excluding carboxylic acids is 2. The number of rotatable bonds is 7. The highest BCUT2D eigenvalue weighted by atomic mass is 35.5. The molecule has 5 rings (SSSR count). The highest BCUT2D eigenvalue weighted by Crippen LogP contribution is 2.44. The third-order valence-corrected chi connectivity index (χ3v) is 7.96. The topological polar surface area (TPSA) is 68.3 Å². The Bertz CT molecular complexity index is 1410. The number of ether oxygens (including phenoxy) is 1. The van der Waals surface area contributed by atoms with Gasteiger partial charge in [-0.15, -0.1) is 0 Å². The molecule has 1 aliphatic rings. The van der Waals surface area contributed by atoms with Crippen LogP contribution >= 0.6 is 23.4 Å². The van der Waals surface area contributed by atoms with Gasteiger partial charge in [0.25, 0.3) is 0 Å². The number of benzene rings is 3. The zero-order chi connectivity index (χ0) is 25.1. The van der Waals surface area contributed by atoms with Gasteiger partial charge in [0.2, 0.25) is 0 Å². The Morgan fingerprint density at radius 1 is 1.03 bits per heavy atom. The van der Waals surface area contributed by atoms with Crippen LogP contribution in [0.2, 0.25) is 5.02 Å². The second-order valence-electron chi connectivity index (χ2n) is 8.47. The Hall–Kier alpha value is -3.61. The molecule has 4 aromatic rings. The van der Waals surface area contributed by atoms with Crippen molar-refractivity contribution in [1.29, 1.82) is 0 Å². The summed E-state index contributed by atoms with van der Waals surface area (Å²) in [6.07, 6.45) is 1.90. The summed E-state index contributed by atoms with van der Waals surface area (Å²) in [4.78, 5) is 29.2. The number of halogens is 1. The molecule has 3 aromatic carbocycles. The molecule has 1 N–H and O–H groups in total. The lowest BCUT2D eigenvalue weighted by Gasteiger charge is -2.17. The Morgan fingerprint density at radius 2 is 1.72 bits per heavy atom. The zero-order valence-corrected chi connectivity index (χ0v) is 21.1. The molecule has 1 heterocycles. The molecular formula is C29H23ClN2O3S. The Labute approximate surface area is 218 Å². The minimum atomic E-state index is -0.501. The predicted octanol–water partition coefficient (Wildman–Crippen LogP) is 7.05. The summed E-state index contributed by atoms with van der Waals surface area (Å²) in [6.45, 7) is 2.43. The lowest BCUT2D eigenvalue weighted by molar-refractivity contribution is 0.112. The number of hydrogen-bond acceptors (Lipinski definition) is 5. The summed E-state index contributed by atoms with van der Waals surface area (Å²) < 4.78 is 5.68. The molecule has 0 saturated carbocycles. The van der Waals surface area contributed by atoms with Gasteiger partial charge in [-0.1, -0.05) is 78.0 Å². The molecule has 0 unspecified atom stereocenters. The van der Waals surface area contributed by atoms with Crippen LogP contribution in [0.25, 0.3) is 11.1 Å². The molecule has 0 bridgehead atoms. The second kappa shape index (κ2) is 10.6. The van der Waals surface area contributed by atoms with Gasteiger partial charge in [0.15, 0.2) is 6.29 Å². The van der Waals surface area contributed by atoms with Crippen LogP contribution < -0.4 is 5.32 Å². The third-order valence-electron chi connectivity index (χ3n) is 6.33. The van der Waals surface area contributed by atoms with Crippen molar-refractivity contribution in [1.82, 2.24) is 10.3 Å². The molecule has 1 amide bonds. The van der Waals surface area contributed by atoms with E-state index >= 15 is 0 Å². The van der Waals surface area contributed by atoms with Crippen LogP contribution in [0, 0.1) is 6.92 Å². The molecule has 0 saturated heterocycles. The van der Waals surface area contributed by atoms with Crippen molar-refractivity contribution >= 4 is 35.7 Å². The van der Waals surface area contributed by atoms with Gasteiger partial charge >= 0.3 is 6.09 Å². The fourth-order valence-corrected chi connectivity index (χ4v) is 5.87. The maximum Gasteiger partial charge on any atom is 0.407 e. The molecule has 5 nitrogen and oxygen atoms in total. The van der Waals surface area contributed by atoms with E-state index in [4.69, 9.17) is 16.3 Å². The molecule has 1 aliphatic carbocycles. The minimum absolute atomic E-state index is 0.00640. The SMILES string of the molecule is Cc1ccc(Cl)c(Sc2ncccc2C=O)c1CNC(=O)OCC1c2ccccc2-c2ccccc21. The Morgan fingerprint density at radius 3 is 2.42 bits per heavy atom. The van der Waals surface area contributed by atoms with Gasteiger partial charge in [0.05, 0.1) is 5.02 Å². The molecule has 1 aromatic heterocycles. The number of amides is 1. The lowest BCUT2D eigenvalue weighted by atomic mass is 9.98. The minimum Gasteiger partial charge on any atom is -0.449 e. The van der Waals surface area contributed by atoms with Crippen molar-refractivity contribution in [2.24, 2.45) is 0 Å². The third kappa shape index (κ3) is 4.74. The smallest absolute Gasteiger partial charge is 0.407 e. The van der Waals surface area contributed by atoms with Gasteiger partial charge in [0.1, 0.15) is 11.6 Å². The molecule has 36 heavy (non-hydrogen) atoms. The van der Waals surface area contributed by atoms with Crippen LogP contribution in [0.3, 0.4) is 0 Å². The Balaban J connectivity index is 1.29. The molecular weight excluding hydrogens is 492 g/mol. The van der Waals surface area contributed by atoms with Crippen molar-refractivity contribution < 1.29 is 14.3 Å². The van der Waals surface area contributed by atoms with E-state index in [9.17, 15) is 9.59 Å². The number of nitrogens with one attached hydrogen (secondary N) is 1. The van der Waals surface area contributed by atoms with Crippen LogP contribution in [-0.4, -0.2) is 24.0 Å².